The highest BCUT2D eigenvalue weighted by Gasteiger charge is 2.26. The van der Waals surface area contributed by atoms with Crippen molar-refractivity contribution >= 4 is 17.2 Å². The van der Waals surface area contributed by atoms with Gasteiger partial charge in [-0.05, 0) is 30.2 Å². The predicted octanol–water partition coefficient (Wildman–Crippen LogP) is 2.10. The maximum Gasteiger partial charge on any atom is 0.284 e. The normalized spacial score (nSPS) is 15.5. The van der Waals surface area contributed by atoms with Gasteiger partial charge in [0.15, 0.2) is 0 Å². The summed E-state index contributed by atoms with van der Waals surface area (Å²) in [6.45, 7) is 1.23. The van der Waals surface area contributed by atoms with Gasteiger partial charge in [-0.15, -0.1) is 11.3 Å². The topological polar surface area (TPSA) is 90.6 Å². The van der Waals surface area contributed by atoms with E-state index < -0.39 is 12.1 Å². The van der Waals surface area contributed by atoms with Gasteiger partial charge in [-0.2, -0.15) is 5.10 Å². The first kappa shape index (κ1) is 16.9. The molecule has 0 saturated heterocycles. The molecule has 2 aromatic heterocycles. The average molecular weight is 370 g/mol. The van der Waals surface area contributed by atoms with E-state index in [1.54, 1.807) is 16.4 Å². The van der Waals surface area contributed by atoms with Crippen molar-refractivity contribution in [2.45, 2.75) is 19.2 Å². The first-order valence-electron chi connectivity index (χ1n) is 8.24. The lowest BCUT2D eigenvalue weighted by Crippen LogP contribution is -2.33. The molecule has 0 aliphatic carbocycles. The van der Waals surface area contributed by atoms with E-state index in [-0.39, 0.29) is 0 Å². The fourth-order valence-corrected chi connectivity index (χ4v) is 4.25. The molecule has 1 amide bonds. The van der Waals surface area contributed by atoms with Crippen LogP contribution in [0.25, 0.3) is 5.69 Å². The number of aliphatic hydroxyl groups is 1. The van der Waals surface area contributed by atoms with Crippen LogP contribution in [0.4, 0.5) is 0 Å². The first-order valence-corrected chi connectivity index (χ1v) is 9.05. The van der Waals surface area contributed by atoms with E-state index in [0.29, 0.717) is 18.0 Å². The lowest BCUT2D eigenvalue weighted by Gasteiger charge is -2.30. The van der Waals surface area contributed by atoms with Crippen LogP contribution in [0.15, 0.2) is 48.8 Å². The number of nitrogens with zero attached hydrogens (tertiary/aromatic N) is 3. The molecule has 3 aromatic rings. The van der Waals surface area contributed by atoms with Gasteiger partial charge in [0.05, 0.1) is 16.8 Å². The minimum absolute atomic E-state index is 0.478. The Balaban J connectivity index is 1.51. The Labute approximate surface area is 154 Å². The van der Waals surface area contributed by atoms with Crippen LogP contribution in [0.2, 0.25) is 0 Å². The molecule has 1 atom stereocenters. The highest BCUT2D eigenvalue weighted by atomic mass is 32.1. The number of nitrogens with one attached hydrogen (secondary N) is 1. The third kappa shape index (κ3) is 3.15. The number of amides is 1. The summed E-state index contributed by atoms with van der Waals surface area (Å²) in [6, 6.07) is 11.5. The fourth-order valence-electron chi connectivity index (χ4n) is 3.12. The number of aliphatic hydroxyl groups excluding tert-OH is 1. The van der Waals surface area contributed by atoms with Gasteiger partial charge in [-0.3, -0.25) is 14.9 Å². The van der Waals surface area contributed by atoms with E-state index >= 15 is 0 Å². The summed E-state index contributed by atoms with van der Waals surface area (Å²) in [7, 11) is 0. The maximum atomic E-state index is 11.6. The molecule has 4 rings (SSSR count). The summed E-state index contributed by atoms with van der Waals surface area (Å²) in [5.41, 5.74) is 4.42. The van der Waals surface area contributed by atoms with Crippen LogP contribution in [0.3, 0.4) is 0 Å². The number of rotatable bonds is 4. The Hall–Kier alpha value is -2.52. The van der Waals surface area contributed by atoms with Crippen LogP contribution < -0.4 is 5.48 Å². The highest BCUT2D eigenvalue weighted by Crippen LogP contribution is 2.31. The van der Waals surface area contributed by atoms with Crippen LogP contribution in [0.1, 0.15) is 31.9 Å². The summed E-state index contributed by atoms with van der Waals surface area (Å²) >= 11 is 1.34. The van der Waals surface area contributed by atoms with E-state index in [1.807, 2.05) is 47.5 Å². The molecule has 1 aliphatic rings. The number of hydroxylamine groups is 1. The molecule has 8 heteroatoms. The number of hydrogen-bond acceptors (Lipinski definition) is 6. The van der Waals surface area contributed by atoms with Crippen molar-refractivity contribution in [1.29, 1.82) is 0 Å². The smallest absolute Gasteiger partial charge is 0.284 e. The van der Waals surface area contributed by atoms with Crippen LogP contribution in [0, 0.1) is 0 Å². The van der Waals surface area contributed by atoms with Gasteiger partial charge in [0.25, 0.3) is 5.91 Å². The van der Waals surface area contributed by atoms with Gasteiger partial charge in [-0.1, -0.05) is 18.2 Å². The Bertz CT molecular complexity index is 922. The van der Waals surface area contributed by atoms with Crippen molar-refractivity contribution in [2.75, 3.05) is 6.54 Å². The monoisotopic (exact) mass is 370 g/mol. The second-order valence-corrected chi connectivity index (χ2v) is 7.28. The molecule has 1 unspecified atom stereocenters. The Kier molecular flexibility index (Phi) is 4.56. The van der Waals surface area contributed by atoms with Crippen LogP contribution in [-0.4, -0.2) is 37.4 Å². The number of carbonyl (C=O) groups is 1. The zero-order valence-corrected chi connectivity index (χ0v) is 14.7. The van der Waals surface area contributed by atoms with Gasteiger partial charge in [-0.25, -0.2) is 10.2 Å². The second-order valence-electron chi connectivity index (χ2n) is 6.15. The standard InChI is InChI=1S/C18H18N4O3S/c23-17(20-25)15-8-12-6-7-21(11-16(12)26-15)18(24)13-9-19-22(10-13)14-4-2-1-3-5-14/h1-5,8-10,18,24-25H,6-7,11H2,(H,20,23). The predicted molar refractivity (Wildman–Crippen MR) is 96.2 cm³/mol. The summed E-state index contributed by atoms with van der Waals surface area (Å²) in [5, 5.41) is 23.9. The van der Waals surface area contributed by atoms with Crippen molar-refractivity contribution in [3.8, 4) is 5.69 Å². The molecule has 0 spiro atoms. The molecule has 1 aliphatic heterocycles. The lowest BCUT2D eigenvalue weighted by molar-refractivity contribution is -0.00691. The largest absolute Gasteiger partial charge is 0.374 e. The first-order chi connectivity index (χ1) is 12.7. The van der Waals surface area contributed by atoms with E-state index in [9.17, 15) is 9.90 Å². The van der Waals surface area contributed by atoms with Crippen molar-refractivity contribution in [3.05, 3.63) is 69.7 Å². The zero-order chi connectivity index (χ0) is 18.1. The van der Waals surface area contributed by atoms with Crippen molar-refractivity contribution < 1.29 is 15.1 Å². The summed E-state index contributed by atoms with van der Waals surface area (Å²) in [5.74, 6) is -0.499. The van der Waals surface area contributed by atoms with E-state index in [2.05, 4.69) is 5.10 Å². The molecule has 26 heavy (non-hydrogen) atoms. The minimum atomic E-state index is -0.766. The van der Waals surface area contributed by atoms with Crippen LogP contribution in [0.5, 0.6) is 0 Å². The average Bonchev–Trinajstić information content (AvgIpc) is 3.34. The molecule has 3 N–H and O–H groups in total. The Morgan fingerprint density at radius 1 is 1.31 bits per heavy atom. The summed E-state index contributed by atoms with van der Waals surface area (Å²) in [6.07, 6.45) is 3.48. The number of hydrogen-bond donors (Lipinski definition) is 3. The van der Waals surface area contributed by atoms with Crippen molar-refractivity contribution in [1.82, 2.24) is 20.2 Å². The number of carbonyl (C=O) groups excluding carboxylic acids is 1. The minimum Gasteiger partial charge on any atom is -0.374 e. The molecular weight excluding hydrogens is 352 g/mol. The lowest BCUT2D eigenvalue weighted by atomic mass is 10.1. The SMILES string of the molecule is O=C(NO)c1cc2c(s1)CN(C(O)c1cnn(-c3ccccc3)c1)CC2. The van der Waals surface area contributed by atoms with Crippen LogP contribution in [-0.2, 0) is 13.0 Å². The third-order valence-electron chi connectivity index (χ3n) is 4.50. The third-order valence-corrected chi connectivity index (χ3v) is 5.67. The number of fused-ring (bicyclic) bond motifs is 1. The molecule has 0 bridgehead atoms. The van der Waals surface area contributed by atoms with Crippen molar-refractivity contribution in [2.24, 2.45) is 0 Å². The molecule has 0 radical (unpaired) electrons. The van der Waals surface area contributed by atoms with Gasteiger partial charge in [0, 0.05) is 29.7 Å². The molecule has 1 aromatic carbocycles. The fraction of sp³-hybridized carbons (Fsp3) is 0.222. The molecule has 0 fully saturated rings. The molecule has 134 valence electrons. The zero-order valence-electron chi connectivity index (χ0n) is 13.9. The summed E-state index contributed by atoms with van der Waals surface area (Å²) in [4.78, 5) is 15.0. The highest BCUT2D eigenvalue weighted by molar-refractivity contribution is 7.14. The van der Waals surface area contributed by atoms with Gasteiger partial charge in [0.1, 0.15) is 6.23 Å². The Morgan fingerprint density at radius 3 is 2.88 bits per heavy atom. The second kappa shape index (κ2) is 7.00. The summed E-state index contributed by atoms with van der Waals surface area (Å²) < 4.78 is 1.74. The Morgan fingerprint density at radius 2 is 2.12 bits per heavy atom. The number of benzene rings is 1. The molecule has 3 heterocycles. The molecule has 7 nitrogen and oxygen atoms in total. The number of para-hydroxylation sites is 1. The molecular formula is C18H18N4O3S. The maximum absolute atomic E-state index is 11.6. The van der Waals surface area contributed by atoms with E-state index in [1.165, 1.54) is 11.3 Å². The van der Waals surface area contributed by atoms with Gasteiger partial charge in [0.2, 0.25) is 0 Å². The van der Waals surface area contributed by atoms with E-state index in [0.717, 1.165) is 28.1 Å². The van der Waals surface area contributed by atoms with Crippen molar-refractivity contribution in [3.63, 3.8) is 0 Å². The quantitative estimate of drug-likeness (QED) is 0.483. The van der Waals surface area contributed by atoms with Crippen LogP contribution >= 0.6 is 11.3 Å². The van der Waals surface area contributed by atoms with E-state index in [4.69, 9.17) is 5.21 Å². The number of thiophene rings is 1. The van der Waals surface area contributed by atoms with Gasteiger partial charge < -0.3 is 5.11 Å². The molecule has 0 saturated carbocycles. The number of aromatic nitrogens is 2. The van der Waals surface area contributed by atoms with Gasteiger partial charge >= 0.3 is 0 Å².